The first kappa shape index (κ1) is 24.3. The molecule has 0 radical (unpaired) electrons. The normalized spacial score (nSPS) is 18.7. The van der Waals surface area contributed by atoms with Gasteiger partial charge < -0.3 is 15.0 Å². The second kappa shape index (κ2) is 11.4. The van der Waals surface area contributed by atoms with Crippen molar-refractivity contribution in [1.82, 2.24) is 15.1 Å². The van der Waals surface area contributed by atoms with Crippen LogP contribution in [0.5, 0.6) is 5.75 Å². The number of alkyl halides is 3. The maximum absolute atomic E-state index is 12.7. The molecule has 2 atom stereocenters. The number of hydrogen-bond donors (Lipinski definition) is 1. The first-order chi connectivity index (χ1) is 14.3. The Hall–Kier alpha value is -1.96. The third-order valence-corrected chi connectivity index (χ3v) is 5.71. The van der Waals surface area contributed by atoms with Crippen molar-refractivity contribution in [1.29, 1.82) is 0 Å². The molecule has 8 heteroatoms. The summed E-state index contributed by atoms with van der Waals surface area (Å²) in [6.45, 7) is 6.36. The standard InChI is InChI=1S/C22H35F3N4O/c1-5-28(16-22(23,24)25)14-18-11-13-29(15-18)21(26-3)27-12-10-17(2)19-6-8-20(30-4)9-7-19/h6-9,17-18H,5,10-16H2,1-4H3,(H,26,27). The Bertz CT molecular complexity index is 663. The average Bonchev–Trinajstić information content (AvgIpc) is 3.17. The molecule has 1 aliphatic rings. The van der Waals surface area contributed by atoms with E-state index in [1.54, 1.807) is 21.1 Å². The highest BCUT2D eigenvalue weighted by Gasteiger charge is 2.33. The maximum atomic E-state index is 12.7. The number of aliphatic imine (C=N–C) groups is 1. The monoisotopic (exact) mass is 428 g/mol. The minimum absolute atomic E-state index is 0.226. The number of benzene rings is 1. The van der Waals surface area contributed by atoms with Gasteiger partial charge in [0.2, 0.25) is 0 Å². The number of guanidine groups is 1. The van der Waals surface area contributed by atoms with Gasteiger partial charge in [0, 0.05) is 33.2 Å². The highest BCUT2D eigenvalue weighted by Crippen LogP contribution is 2.23. The molecule has 0 saturated carbocycles. The summed E-state index contributed by atoms with van der Waals surface area (Å²) < 4.78 is 43.3. The summed E-state index contributed by atoms with van der Waals surface area (Å²) in [6, 6.07) is 8.12. The van der Waals surface area contributed by atoms with Crippen LogP contribution in [0.1, 0.15) is 38.2 Å². The fourth-order valence-corrected chi connectivity index (χ4v) is 3.93. The van der Waals surface area contributed by atoms with Crippen molar-refractivity contribution < 1.29 is 17.9 Å². The fourth-order valence-electron chi connectivity index (χ4n) is 3.93. The molecule has 30 heavy (non-hydrogen) atoms. The number of nitrogens with zero attached hydrogens (tertiary/aromatic N) is 3. The van der Waals surface area contributed by atoms with Gasteiger partial charge in [0.25, 0.3) is 0 Å². The summed E-state index contributed by atoms with van der Waals surface area (Å²) in [6.07, 6.45) is -2.30. The topological polar surface area (TPSA) is 40.1 Å². The Morgan fingerprint density at radius 3 is 2.60 bits per heavy atom. The van der Waals surface area contributed by atoms with E-state index in [0.29, 0.717) is 19.0 Å². The zero-order valence-corrected chi connectivity index (χ0v) is 18.5. The van der Waals surface area contributed by atoms with E-state index in [4.69, 9.17) is 4.74 Å². The van der Waals surface area contributed by atoms with Crippen LogP contribution in [0.15, 0.2) is 29.3 Å². The molecule has 1 aromatic carbocycles. The molecule has 2 rings (SSSR count). The van der Waals surface area contributed by atoms with Gasteiger partial charge in [-0.05, 0) is 48.9 Å². The molecular formula is C22H35F3N4O. The summed E-state index contributed by atoms with van der Waals surface area (Å²) in [7, 11) is 3.41. The molecule has 0 spiro atoms. The molecule has 0 aliphatic carbocycles. The minimum Gasteiger partial charge on any atom is -0.497 e. The van der Waals surface area contributed by atoms with Gasteiger partial charge in [-0.15, -0.1) is 0 Å². The molecule has 1 saturated heterocycles. The summed E-state index contributed by atoms with van der Waals surface area (Å²) in [5.41, 5.74) is 1.26. The molecule has 0 bridgehead atoms. The molecule has 170 valence electrons. The maximum Gasteiger partial charge on any atom is 0.401 e. The molecule has 2 unspecified atom stereocenters. The Kier molecular flexibility index (Phi) is 9.27. The van der Waals surface area contributed by atoms with E-state index in [0.717, 1.165) is 44.2 Å². The predicted molar refractivity (Wildman–Crippen MR) is 115 cm³/mol. The summed E-state index contributed by atoms with van der Waals surface area (Å²) in [4.78, 5) is 8.02. The predicted octanol–water partition coefficient (Wildman–Crippen LogP) is 3.97. The quantitative estimate of drug-likeness (QED) is 0.477. The zero-order valence-electron chi connectivity index (χ0n) is 18.5. The molecule has 1 heterocycles. The number of hydrogen-bond acceptors (Lipinski definition) is 3. The van der Waals surface area contributed by atoms with Gasteiger partial charge in [-0.25, -0.2) is 0 Å². The van der Waals surface area contributed by atoms with E-state index < -0.39 is 12.7 Å². The van der Waals surface area contributed by atoms with E-state index in [1.807, 2.05) is 12.1 Å². The molecule has 0 amide bonds. The Balaban J connectivity index is 1.78. The van der Waals surface area contributed by atoms with Gasteiger partial charge in [0.15, 0.2) is 5.96 Å². The van der Waals surface area contributed by atoms with Gasteiger partial charge in [-0.3, -0.25) is 9.89 Å². The van der Waals surface area contributed by atoms with Crippen molar-refractivity contribution in [2.24, 2.45) is 10.9 Å². The lowest BCUT2D eigenvalue weighted by Crippen LogP contribution is -2.42. The molecule has 0 aromatic heterocycles. The Morgan fingerprint density at radius 1 is 1.33 bits per heavy atom. The summed E-state index contributed by atoms with van der Waals surface area (Å²) in [5, 5.41) is 3.42. The van der Waals surface area contributed by atoms with E-state index in [-0.39, 0.29) is 5.92 Å². The molecule has 1 aliphatic heterocycles. The number of likely N-dealkylation sites (tertiary alicyclic amines) is 1. The van der Waals surface area contributed by atoms with Gasteiger partial charge in [-0.1, -0.05) is 26.0 Å². The van der Waals surface area contributed by atoms with Gasteiger partial charge >= 0.3 is 6.18 Å². The first-order valence-electron chi connectivity index (χ1n) is 10.6. The average molecular weight is 429 g/mol. The third-order valence-electron chi connectivity index (χ3n) is 5.71. The van der Waals surface area contributed by atoms with Crippen LogP contribution in [-0.2, 0) is 0 Å². The van der Waals surface area contributed by atoms with Crippen LogP contribution in [-0.4, -0.2) is 75.4 Å². The molecule has 1 aromatic rings. The van der Waals surface area contributed by atoms with E-state index in [1.165, 1.54) is 10.5 Å². The highest BCUT2D eigenvalue weighted by atomic mass is 19.4. The lowest BCUT2D eigenvalue weighted by atomic mass is 9.98. The number of rotatable bonds is 9. The number of ether oxygens (including phenoxy) is 1. The van der Waals surface area contributed by atoms with E-state index in [9.17, 15) is 13.2 Å². The van der Waals surface area contributed by atoms with Gasteiger partial charge in [0.1, 0.15) is 5.75 Å². The third kappa shape index (κ3) is 7.70. The van der Waals surface area contributed by atoms with Gasteiger partial charge in [0.05, 0.1) is 13.7 Å². The van der Waals surface area contributed by atoms with Crippen molar-refractivity contribution in [3.05, 3.63) is 29.8 Å². The van der Waals surface area contributed by atoms with Crippen LogP contribution in [0, 0.1) is 5.92 Å². The fraction of sp³-hybridized carbons (Fsp3) is 0.682. The minimum atomic E-state index is -4.15. The Labute approximate surface area is 178 Å². The second-order valence-electron chi connectivity index (χ2n) is 7.98. The Morgan fingerprint density at radius 2 is 2.03 bits per heavy atom. The SMILES string of the molecule is CCN(CC1CCN(C(=NC)NCCC(C)c2ccc(OC)cc2)C1)CC(F)(F)F. The van der Waals surface area contributed by atoms with Crippen LogP contribution in [0.25, 0.3) is 0 Å². The van der Waals surface area contributed by atoms with E-state index >= 15 is 0 Å². The van der Waals surface area contributed by atoms with Gasteiger partial charge in [-0.2, -0.15) is 13.2 Å². The molecule has 5 nitrogen and oxygen atoms in total. The number of halogens is 3. The van der Waals surface area contributed by atoms with Crippen molar-refractivity contribution in [3.8, 4) is 5.75 Å². The summed E-state index contributed by atoms with van der Waals surface area (Å²) in [5.74, 6) is 2.31. The second-order valence-corrected chi connectivity index (χ2v) is 7.98. The molecular weight excluding hydrogens is 393 g/mol. The van der Waals surface area contributed by atoms with Crippen molar-refractivity contribution in [2.75, 3.05) is 53.4 Å². The smallest absolute Gasteiger partial charge is 0.401 e. The lowest BCUT2D eigenvalue weighted by molar-refractivity contribution is -0.146. The van der Waals surface area contributed by atoms with Crippen LogP contribution in [0.2, 0.25) is 0 Å². The van der Waals surface area contributed by atoms with Crippen LogP contribution >= 0.6 is 0 Å². The van der Waals surface area contributed by atoms with Crippen LogP contribution in [0.4, 0.5) is 13.2 Å². The van der Waals surface area contributed by atoms with E-state index in [2.05, 4.69) is 34.3 Å². The number of nitrogens with one attached hydrogen (secondary N) is 1. The zero-order chi connectivity index (χ0) is 22.1. The van der Waals surface area contributed by atoms with Crippen molar-refractivity contribution in [2.45, 2.75) is 38.8 Å². The lowest BCUT2D eigenvalue weighted by Gasteiger charge is -2.26. The molecule has 1 fully saturated rings. The van der Waals surface area contributed by atoms with Crippen LogP contribution < -0.4 is 10.1 Å². The first-order valence-corrected chi connectivity index (χ1v) is 10.6. The summed E-state index contributed by atoms with van der Waals surface area (Å²) >= 11 is 0. The largest absolute Gasteiger partial charge is 0.497 e. The highest BCUT2D eigenvalue weighted by molar-refractivity contribution is 5.80. The van der Waals surface area contributed by atoms with Crippen molar-refractivity contribution >= 4 is 5.96 Å². The van der Waals surface area contributed by atoms with Crippen molar-refractivity contribution in [3.63, 3.8) is 0 Å². The molecule has 1 N–H and O–H groups in total. The van der Waals surface area contributed by atoms with Crippen LogP contribution in [0.3, 0.4) is 0 Å². The number of methoxy groups -OCH3 is 1.